The van der Waals surface area contributed by atoms with Gasteiger partial charge in [-0.15, -0.1) is 0 Å². The normalized spacial score (nSPS) is 11.5. The monoisotopic (exact) mass is 301 g/mol. The molecule has 0 atom stereocenters. The van der Waals surface area contributed by atoms with E-state index in [0.29, 0.717) is 5.56 Å². The lowest BCUT2D eigenvalue weighted by Crippen LogP contribution is -1.86. The van der Waals surface area contributed by atoms with Crippen molar-refractivity contribution in [3.63, 3.8) is 0 Å². The van der Waals surface area contributed by atoms with E-state index in [-0.39, 0.29) is 0 Å². The van der Waals surface area contributed by atoms with Gasteiger partial charge in [0, 0.05) is 0 Å². The van der Waals surface area contributed by atoms with Crippen molar-refractivity contribution >= 4 is 12.4 Å². The van der Waals surface area contributed by atoms with Gasteiger partial charge in [0.05, 0.1) is 24.1 Å². The van der Waals surface area contributed by atoms with E-state index in [2.05, 4.69) is 40.6 Å². The molecule has 23 heavy (non-hydrogen) atoms. The summed E-state index contributed by atoms with van der Waals surface area (Å²) < 4.78 is 0. The third-order valence-corrected chi connectivity index (χ3v) is 3.34. The molecule has 0 aliphatic carbocycles. The van der Waals surface area contributed by atoms with Gasteiger partial charge >= 0.3 is 0 Å². The first kappa shape index (κ1) is 16.4. The Morgan fingerprint density at radius 1 is 0.913 bits per heavy atom. The van der Waals surface area contributed by atoms with Crippen molar-refractivity contribution in [3.05, 3.63) is 82.9 Å². The summed E-state index contributed by atoms with van der Waals surface area (Å²) in [4.78, 5) is 0. The minimum absolute atomic E-state index is 0.639. The van der Waals surface area contributed by atoms with Gasteiger partial charge < -0.3 is 0 Å². The number of benzene rings is 2. The van der Waals surface area contributed by atoms with Crippen LogP contribution in [0.25, 0.3) is 0 Å². The summed E-state index contributed by atoms with van der Waals surface area (Å²) in [5.41, 5.74) is 3.90. The summed E-state index contributed by atoms with van der Waals surface area (Å²) in [6.45, 7) is 2.04. The molecular weight excluding hydrogens is 282 g/mol. The molecule has 0 aromatic heterocycles. The van der Waals surface area contributed by atoms with Crippen LogP contribution in [0.2, 0.25) is 0 Å². The fourth-order valence-electron chi connectivity index (χ4n) is 2.03. The molecule has 0 heterocycles. The number of aryl methyl sites for hydroxylation is 1. The van der Waals surface area contributed by atoms with Crippen LogP contribution in [0.15, 0.2) is 70.9 Å². The average molecular weight is 301 g/mol. The van der Waals surface area contributed by atoms with Crippen molar-refractivity contribution < 1.29 is 0 Å². The van der Waals surface area contributed by atoms with E-state index in [1.54, 1.807) is 24.6 Å². The SMILES string of the molecule is C/C=C/CCc1ccc(C=NN=Cc2ccc(C#N)cc2)cc1. The summed E-state index contributed by atoms with van der Waals surface area (Å²) in [5, 5.41) is 16.8. The molecule has 0 radical (unpaired) electrons. The Morgan fingerprint density at radius 2 is 1.48 bits per heavy atom. The van der Waals surface area contributed by atoms with Crippen LogP contribution in [-0.4, -0.2) is 12.4 Å². The summed E-state index contributed by atoms with van der Waals surface area (Å²) in [6, 6.07) is 17.6. The molecule has 114 valence electrons. The Morgan fingerprint density at radius 3 is 2.00 bits per heavy atom. The van der Waals surface area contributed by atoms with Crippen LogP contribution in [0, 0.1) is 11.3 Å². The molecule has 0 fully saturated rings. The van der Waals surface area contributed by atoms with Crippen molar-refractivity contribution in [1.29, 1.82) is 5.26 Å². The smallest absolute Gasteiger partial charge is 0.0991 e. The predicted molar refractivity (Wildman–Crippen MR) is 95.9 cm³/mol. The third kappa shape index (κ3) is 5.72. The fourth-order valence-corrected chi connectivity index (χ4v) is 2.03. The van der Waals surface area contributed by atoms with Crippen molar-refractivity contribution in [3.8, 4) is 6.07 Å². The lowest BCUT2D eigenvalue weighted by atomic mass is 10.1. The van der Waals surface area contributed by atoms with Crippen LogP contribution in [0.1, 0.15) is 35.6 Å². The van der Waals surface area contributed by atoms with E-state index in [1.165, 1.54) is 5.56 Å². The fraction of sp³-hybridized carbons (Fsp3) is 0.150. The second-order valence-corrected chi connectivity index (χ2v) is 5.07. The van der Waals surface area contributed by atoms with Gasteiger partial charge in [0.2, 0.25) is 0 Å². The molecule has 0 aliphatic rings. The molecule has 0 unspecified atom stereocenters. The zero-order chi connectivity index (χ0) is 16.3. The molecule has 0 amide bonds. The molecule has 0 N–H and O–H groups in total. The summed E-state index contributed by atoms with van der Waals surface area (Å²) in [5.74, 6) is 0. The van der Waals surface area contributed by atoms with E-state index >= 15 is 0 Å². The maximum Gasteiger partial charge on any atom is 0.0991 e. The molecule has 0 bridgehead atoms. The van der Waals surface area contributed by atoms with Gasteiger partial charge in [0.15, 0.2) is 0 Å². The average Bonchev–Trinajstić information content (AvgIpc) is 2.61. The van der Waals surface area contributed by atoms with E-state index in [4.69, 9.17) is 5.26 Å². The predicted octanol–water partition coefficient (Wildman–Crippen LogP) is 4.52. The molecular formula is C20H19N3. The molecule has 0 spiro atoms. The van der Waals surface area contributed by atoms with Crippen molar-refractivity contribution in [2.45, 2.75) is 19.8 Å². The first-order valence-corrected chi connectivity index (χ1v) is 7.58. The minimum atomic E-state index is 0.639. The molecule has 2 aromatic carbocycles. The highest BCUT2D eigenvalue weighted by atomic mass is 15.2. The lowest BCUT2D eigenvalue weighted by Gasteiger charge is -1.98. The Balaban J connectivity index is 1.89. The Bertz CT molecular complexity index is 730. The van der Waals surface area contributed by atoms with Gasteiger partial charge in [-0.2, -0.15) is 15.5 Å². The topological polar surface area (TPSA) is 48.5 Å². The van der Waals surface area contributed by atoms with Crippen molar-refractivity contribution in [2.24, 2.45) is 10.2 Å². The summed E-state index contributed by atoms with van der Waals surface area (Å²) in [6.07, 6.45) is 9.77. The number of nitrogens with zero attached hydrogens (tertiary/aromatic N) is 3. The van der Waals surface area contributed by atoms with Gasteiger partial charge in [-0.1, -0.05) is 48.6 Å². The number of hydrogen-bond donors (Lipinski definition) is 0. The van der Waals surface area contributed by atoms with Crippen LogP contribution < -0.4 is 0 Å². The molecule has 3 heteroatoms. The van der Waals surface area contributed by atoms with Crippen molar-refractivity contribution in [1.82, 2.24) is 0 Å². The standard InChI is InChI=1S/C20H19N3/c1-2-3-4-5-17-6-10-19(11-7-17)15-22-23-16-20-12-8-18(14-21)9-13-20/h2-3,6-13,15-16H,4-5H2,1H3/b3-2+,22-15?,23-16?. The Labute approximate surface area is 137 Å². The second kappa shape index (κ2) is 9.11. The van der Waals surface area contributed by atoms with Crippen LogP contribution in [0.4, 0.5) is 0 Å². The maximum absolute atomic E-state index is 8.74. The van der Waals surface area contributed by atoms with Gasteiger partial charge in [-0.25, -0.2) is 0 Å². The molecule has 0 saturated heterocycles. The second-order valence-electron chi connectivity index (χ2n) is 5.07. The highest BCUT2D eigenvalue weighted by Crippen LogP contribution is 2.06. The minimum Gasteiger partial charge on any atom is -0.192 e. The quantitative estimate of drug-likeness (QED) is 0.439. The third-order valence-electron chi connectivity index (χ3n) is 3.34. The summed E-state index contributed by atoms with van der Waals surface area (Å²) in [7, 11) is 0. The van der Waals surface area contributed by atoms with Gasteiger partial charge in [0.1, 0.15) is 0 Å². The molecule has 2 aromatic rings. The zero-order valence-electron chi connectivity index (χ0n) is 13.2. The van der Waals surface area contributed by atoms with Crippen LogP contribution in [0.5, 0.6) is 0 Å². The Kier molecular flexibility index (Phi) is 6.49. The number of allylic oxidation sites excluding steroid dienone is 2. The largest absolute Gasteiger partial charge is 0.192 e. The molecule has 0 saturated carbocycles. The Hall–Kier alpha value is -2.99. The summed E-state index contributed by atoms with van der Waals surface area (Å²) >= 11 is 0. The van der Waals surface area contributed by atoms with Gasteiger partial charge in [0.25, 0.3) is 0 Å². The van der Waals surface area contributed by atoms with E-state index in [0.717, 1.165) is 24.0 Å². The first-order chi connectivity index (χ1) is 11.3. The van der Waals surface area contributed by atoms with Crippen LogP contribution in [-0.2, 0) is 6.42 Å². The highest BCUT2D eigenvalue weighted by molar-refractivity contribution is 5.82. The van der Waals surface area contributed by atoms with Crippen molar-refractivity contribution in [2.75, 3.05) is 0 Å². The number of rotatable bonds is 6. The molecule has 2 rings (SSSR count). The zero-order valence-corrected chi connectivity index (χ0v) is 13.2. The number of hydrogen-bond acceptors (Lipinski definition) is 3. The maximum atomic E-state index is 8.74. The van der Waals surface area contributed by atoms with Gasteiger partial charge in [-0.05, 0) is 48.6 Å². The van der Waals surface area contributed by atoms with Crippen LogP contribution >= 0.6 is 0 Å². The lowest BCUT2D eigenvalue weighted by molar-refractivity contribution is 0.999. The molecule has 0 aliphatic heterocycles. The van der Waals surface area contributed by atoms with E-state index in [9.17, 15) is 0 Å². The van der Waals surface area contributed by atoms with E-state index in [1.807, 2.05) is 31.2 Å². The number of nitriles is 1. The van der Waals surface area contributed by atoms with Gasteiger partial charge in [-0.3, -0.25) is 0 Å². The molecule has 3 nitrogen and oxygen atoms in total. The highest BCUT2D eigenvalue weighted by Gasteiger charge is 1.92. The van der Waals surface area contributed by atoms with E-state index < -0.39 is 0 Å². The van der Waals surface area contributed by atoms with Crippen LogP contribution in [0.3, 0.4) is 0 Å². The first-order valence-electron chi connectivity index (χ1n) is 7.58.